The molecule has 1 rings (SSSR count). The zero-order valence-electron chi connectivity index (χ0n) is 8.37. The van der Waals surface area contributed by atoms with Crippen LogP contribution in [-0.4, -0.2) is 7.54 Å². The first-order valence-electron chi connectivity index (χ1n) is 3.99. The molecule has 1 aromatic carbocycles. The Morgan fingerprint density at radius 2 is 1.40 bits per heavy atom. The van der Waals surface area contributed by atoms with Crippen LogP contribution >= 0.6 is 0 Å². The molecular weight excluding hydrogens is 211 g/mol. The van der Waals surface area contributed by atoms with Gasteiger partial charge in [-0.25, -0.2) is 0 Å². The number of rotatable bonds is 0. The van der Waals surface area contributed by atoms with Crippen molar-refractivity contribution in [2.75, 3.05) is 0 Å². The summed E-state index contributed by atoms with van der Waals surface area (Å²) in [6.07, 6.45) is 0. The molecule has 15 heavy (non-hydrogen) atoms. The van der Waals surface area contributed by atoms with E-state index in [0.29, 0.717) is 5.69 Å². The summed E-state index contributed by atoms with van der Waals surface area (Å²) in [5.74, 6) is 0. The number of hydrogen-bond acceptors (Lipinski definition) is 1. The van der Waals surface area contributed by atoms with Gasteiger partial charge < -0.3 is 4.70 Å². The first-order chi connectivity index (χ1) is 6.66. The summed E-state index contributed by atoms with van der Waals surface area (Å²) >= 11 is 0. The number of hydrogen-bond donors (Lipinski definition) is 0. The smallest absolute Gasteiger partial charge is 0.762 e. The van der Waals surface area contributed by atoms with Crippen LogP contribution < -0.4 is 4.70 Å². The molecular formula is C8H11BF4N2. The topological polar surface area (TPSA) is 28.1 Å². The molecule has 2 nitrogen and oxygen atoms in total. The maximum Gasteiger partial charge on any atom is 0.762 e. The molecule has 0 aliphatic carbocycles. The minimum absolute atomic E-state index is 0. The highest BCUT2D eigenvalue weighted by Crippen LogP contribution is 2.07. The fraction of sp³-hybridized carbons (Fsp3) is 0.250. The second-order valence-corrected chi connectivity index (χ2v) is 1.68. The standard InChI is InChI=1S/C6H5N2.C2H6.BF3.FH/c7-8-6-4-2-1-3-5-6;1-2;2-1(3)4;/h1-5H;1-2H3;;1H/q+1;;;/p-1. The van der Waals surface area contributed by atoms with E-state index in [9.17, 15) is 12.9 Å². The second-order valence-electron chi connectivity index (χ2n) is 1.68. The van der Waals surface area contributed by atoms with E-state index in [1.54, 1.807) is 12.1 Å². The van der Waals surface area contributed by atoms with Crippen LogP contribution in [0, 0.1) is 5.39 Å². The molecule has 0 aliphatic heterocycles. The van der Waals surface area contributed by atoms with Crippen molar-refractivity contribution in [1.29, 1.82) is 5.39 Å². The molecule has 0 fully saturated rings. The lowest BCUT2D eigenvalue weighted by atomic mass is 10.3. The summed E-state index contributed by atoms with van der Waals surface area (Å²) in [5.41, 5.74) is 0.590. The third kappa shape index (κ3) is 19.0. The van der Waals surface area contributed by atoms with Gasteiger partial charge in [0.1, 0.15) is 0 Å². The lowest BCUT2D eigenvalue weighted by molar-refractivity contribution is -0.00000605. The lowest BCUT2D eigenvalue weighted by Gasteiger charge is -1.69. The molecule has 0 aromatic heterocycles. The predicted octanol–water partition coefficient (Wildman–Crippen LogP) is 1.08. The summed E-state index contributed by atoms with van der Waals surface area (Å²) < 4.78 is 29.0. The zero-order chi connectivity index (χ0) is 11.4. The van der Waals surface area contributed by atoms with E-state index in [1.165, 1.54) is 0 Å². The molecule has 0 saturated heterocycles. The van der Waals surface area contributed by atoms with Crippen LogP contribution in [0.5, 0.6) is 0 Å². The Kier molecular flexibility index (Phi) is 19.0. The molecule has 0 amide bonds. The molecule has 7 heteroatoms. The van der Waals surface area contributed by atoms with Gasteiger partial charge in [0.15, 0.2) is 4.98 Å². The molecule has 0 bridgehead atoms. The Morgan fingerprint density at radius 1 is 1.07 bits per heavy atom. The number of halogens is 4. The summed E-state index contributed by atoms with van der Waals surface area (Å²) in [5, 5.41) is 8.16. The largest absolute Gasteiger partial charge is 1.00 e. The zero-order valence-corrected chi connectivity index (χ0v) is 8.37. The molecule has 0 spiro atoms. The van der Waals surface area contributed by atoms with Gasteiger partial charge in [0.2, 0.25) is 5.39 Å². The van der Waals surface area contributed by atoms with E-state index < -0.39 is 7.54 Å². The van der Waals surface area contributed by atoms with Crippen LogP contribution in [0.1, 0.15) is 13.8 Å². The Hall–Kier alpha value is -1.58. The molecule has 0 aliphatic rings. The fourth-order valence-electron chi connectivity index (χ4n) is 0.495. The van der Waals surface area contributed by atoms with Crippen LogP contribution in [0.15, 0.2) is 30.3 Å². The van der Waals surface area contributed by atoms with Gasteiger partial charge in [-0.1, -0.05) is 32.0 Å². The Morgan fingerprint density at radius 3 is 1.60 bits per heavy atom. The van der Waals surface area contributed by atoms with Crippen molar-refractivity contribution in [1.82, 2.24) is 0 Å². The van der Waals surface area contributed by atoms with E-state index in [-0.39, 0.29) is 4.70 Å². The average Bonchev–Trinajstić information content (AvgIpc) is 2.21. The highest BCUT2D eigenvalue weighted by molar-refractivity contribution is 6.33. The van der Waals surface area contributed by atoms with Crippen molar-refractivity contribution in [3.8, 4) is 0 Å². The van der Waals surface area contributed by atoms with Crippen LogP contribution in [0.4, 0.5) is 18.6 Å². The van der Waals surface area contributed by atoms with Gasteiger partial charge in [0.25, 0.3) is 0 Å². The fourth-order valence-corrected chi connectivity index (χ4v) is 0.495. The van der Waals surface area contributed by atoms with Gasteiger partial charge >= 0.3 is 13.2 Å². The molecule has 0 atom stereocenters. The third-order valence-electron chi connectivity index (χ3n) is 0.872. The highest BCUT2D eigenvalue weighted by Gasteiger charge is 2.06. The van der Waals surface area contributed by atoms with Gasteiger partial charge in [-0.15, -0.1) is 0 Å². The van der Waals surface area contributed by atoms with Gasteiger partial charge in [0.05, 0.1) is 0 Å². The van der Waals surface area contributed by atoms with E-state index in [4.69, 9.17) is 5.39 Å². The molecule has 0 unspecified atom stereocenters. The summed E-state index contributed by atoms with van der Waals surface area (Å²) in [6.45, 7) is 4.00. The normalized spacial score (nSPS) is 6.40. The molecule has 1 aromatic rings. The lowest BCUT2D eigenvalue weighted by Crippen LogP contribution is -3.00. The van der Waals surface area contributed by atoms with E-state index in [0.717, 1.165) is 0 Å². The number of benzene rings is 1. The predicted molar refractivity (Wildman–Crippen MR) is 51.6 cm³/mol. The van der Waals surface area contributed by atoms with Gasteiger partial charge in [0, 0.05) is 12.1 Å². The molecule has 0 heterocycles. The average molecular weight is 222 g/mol. The van der Waals surface area contributed by atoms with Crippen LogP contribution in [0.2, 0.25) is 0 Å². The van der Waals surface area contributed by atoms with E-state index in [1.807, 2.05) is 32.0 Å². The first-order valence-corrected chi connectivity index (χ1v) is 3.99. The monoisotopic (exact) mass is 222 g/mol. The number of diazo groups is 1. The van der Waals surface area contributed by atoms with Crippen LogP contribution in [0.25, 0.3) is 4.98 Å². The molecule has 0 radical (unpaired) electrons. The Labute approximate surface area is 86.3 Å². The number of nitrogens with zero attached hydrogens (tertiary/aromatic N) is 2. The highest BCUT2D eigenvalue weighted by atomic mass is 19.4. The van der Waals surface area contributed by atoms with Gasteiger partial charge in [-0.3, -0.25) is 12.9 Å². The van der Waals surface area contributed by atoms with E-state index >= 15 is 0 Å². The molecule has 84 valence electrons. The molecule has 0 saturated carbocycles. The van der Waals surface area contributed by atoms with E-state index in [2.05, 4.69) is 4.98 Å². The molecule has 0 N–H and O–H groups in total. The van der Waals surface area contributed by atoms with Crippen LogP contribution in [0.3, 0.4) is 0 Å². The Bertz CT molecular complexity index is 248. The maximum atomic E-state index is 9.67. The van der Waals surface area contributed by atoms with Gasteiger partial charge in [-0.2, -0.15) is 0 Å². The first kappa shape index (κ1) is 19.1. The SMILES string of the molecule is CC.FB(F)F.N#[N+]c1ccccc1.[F-]. The van der Waals surface area contributed by atoms with Crippen molar-refractivity contribution < 1.29 is 17.7 Å². The summed E-state index contributed by atoms with van der Waals surface area (Å²) in [6, 6.07) is 8.94. The minimum atomic E-state index is -3.67. The van der Waals surface area contributed by atoms with Crippen molar-refractivity contribution in [3.63, 3.8) is 0 Å². The maximum absolute atomic E-state index is 9.67. The van der Waals surface area contributed by atoms with Crippen molar-refractivity contribution >= 4 is 13.2 Å². The summed E-state index contributed by atoms with van der Waals surface area (Å²) in [4.78, 5) is 2.97. The minimum Gasteiger partial charge on any atom is -1.00 e. The van der Waals surface area contributed by atoms with Crippen molar-refractivity contribution in [3.05, 3.63) is 35.3 Å². The van der Waals surface area contributed by atoms with Crippen molar-refractivity contribution in [2.24, 2.45) is 0 Å². The summed E-state index contributed by atoms with van der Waals surface area (Å²) in [7, 11) is -3.67. The van der Waals surface area contributed by atoms with Gasteiger partial charge in [-0.05, 0) is 0 Å². The quantitative estimate of drug-likeness (QED) is 0.366. The van der Waals surface area contributed by atoms with Crippen molar-refractivity contribution in [2.45, 2.75) is 13.8 Å². The Balaban J connectivity index is -0.000000179. The van der Waals surface area contributed by atoms with Crippen LogP contribution in [-0.2, 0) is 0 Å². The second kappa shape index (κ2) is 14.9. The third-order valence-corrected chi connectivity index (χ3v) is 0.872.